The molecule has 7 atom stereocenters. The van der Waals surface area contributed by atoms with Crippen LogP contribution in [0.25, 0.3) is 0 Å². The van der Waals surface area contributed by atoms with E-state index in [9.17, 15) is 13.2 Å². The average Bonchev–Trinajstić information content (AvgIpc) is 3.32. The van der Waals surface area contributed by atoms with Crippen LogP contribution in [0.5, 0.6) is 5.75 Å². The summed E-state index contributed by atoms with van der Waals surface area (Å²) in [5, 5.41) is -0.0936. The molecular formula is C43H59ClN4O7S. The van der Waals surface area contributed by atoms with Gasteiger partial charge in [-0.25, -0.2) is 13.1 Å². The van der Waals surface area contributed by atoms with Crippen LogP contribution in [-0.4, -0.2) is 127 Å². The molecule has 0 unspecified atom stereocenters. The highest BCUT2D eigenvalue weighted by Crippen LogP contribution is 2.49. The van der Waals surface area contributed by atoms with Gasteiger partial charge in [0.25, 0.3) is 5.91 Å². The summed E-state index contributed by atoms with van der Waals surface area (Å²) < 4.78 is 55.4. The molecule has 3 fully saturated rings. The molecule has 11 nitrogen and oxygen atoms in total. The van der Waals surface area contributed by atoms with Gasteiger partial charge in [0.2, 0.25) is 10.0 Å². The molecule has 1 N–H and O–H groups in total. The van der Waals surface area contributed by atoms with E-state index < -0.39 is 26.8 Å². The lowest BCUT2D eigenvalue weighted by molar-refractivity contribution is -0.108. The number of rotatable bonds is 6. The largest absolute Gasteiger partial charge is 0.490 e. The maximum atomic E-state index is 14.1. The van der Waals surface area contributed by atoms with Crippen LogP contribution in [0.3, 0.4) is 0 Å². The summed E-state index contributed by atoms with van der Waals surface area (Å²) in [6, 6.07) is 12.0. The summed E-state index contributed by atoms with van der Waals surface area (Å²) in [5.74, 6) is 0.331. The van der Waals surface area contributed by atoms with E-state index in [2.05, 4.69) is 43.7 Å². The normalized spacial score (nSPS) is 34.2. The Bertz CT molecular complexity index is 1900. The van der Waals surface area contributed by atoms with E-state index in [1.54, 1.807) is 13.2 Å². The first-order valence-corrected chi connectivity index (χ1v) is 22.6. The van der Waals surface area contributed by atoms with Gasteiger partial charge in [0.05, 0.1) is 30.8 Å². The van der Waals surface area contributed by atoms with E-state index in [0.29, 0.717) is 42.8 Å². The minimum Gasteiger partial charge on any atom is -0.490 e. The minimum absolute atomic E-state index is 0.230. The molecule has 56 heavy (non-hydrogen) atoms. The number of ether oxygens (including phenoxy) is 4. The highest BCUT2D eigenvalue weighted by atomic mass is 35.5. The quantitative estimate of drug-likeness (QED) is 0.387. The van der Waals surface area contributed by atoms with Crippen LogP contribution in [0.15, 0.2) is 48.6 Å². The topological polar surface area (TPSA) is 110 Å². The lowest BCUT2D eigenvalue weighted by Crippen LogP contribution is -2.62. The zero-order chi connectivity index (χ0) is 39.1. The molecule has 2 aromatic rings. The molecule has 0 aromatic heterocycles. The number of piperazine rings is 1. The molecule has 1 spiro atoms. The van der Waals surface area contributed by atoms with Crippen molar-refractivity contribution in [3.63, 3.8) is 0 Å². The number of amides is 1. The van der Waals surface area contributed by atoms with Crippen LogP contribution < -0.4 is 14.4 Å². The smallest absolute Gasteiger partial charge is 0.264 e. The van der Waals surface area contributed by atoms with Crippen LogP contribution >= 0.6 is 11.6 Å². The number of anilines is 1. The van der Waals surface area contributed by atoms with Crippen molar-refractivity contribution in [2.75, 3.05) is 91.4 Å². The Labute approximate surface area is 338 Å². The first-order valence-electron chi connectivity index (χ1n) is 20.7. The standard InChI is InChI=1S/C43H59ClN4O7S/c1-30-6-4-16-43(53-3,28-46-17-18-47-19-21-54-26-35(47)25-46)37-11-8-33(37)24-48-27-42(15-5-7-31-22-34(44)10-12-36(31)42)29-55-39-13-9-32(23-38(39)48)41(49)45-56(50,51)40(30)14-20-52-2/h4,9-10,12-13,16,22-23,30,33,35,37,40H,5-8,11,14-15,17-21,24-29H2,1-3H3,(H,45,49)/b16-4+/t30-,33-,35-,37+,40+,42-,43+/m0/s1. The van der Waals surface area contributed by atoms with E-state index in [1.807, 2.05) is 32.2 Å². The van der Waals surface area contributed by atoms with Gasteiger partial charge in [-0.3, -0.25) is 14.6 Å². The summed E-state index contributed by atoms with van der Waals surface area (Å²) in [7, 11) is -0.652. The number of carbonyl (C=O) groups excluding carboxylic acids is 1. The predicted octanol–water partition coefficient (Wildman–Crippen LogP) is 5.30. The van der Waals surface area contributed by atoms with Crippen molar-refractivity contribution in [3.8, 4) is 5.75 Å². The van der Waals surface area contributed by atoms with E-state index in [1.165, 1.54) is 11.1 Å². The Kier molecular flexibility index (Phi) is 11.8. The second-order valence-electron chi connectivity index (χ2n) is 17.3. The molecule has 8 rings (SSSR count). The molecule has 13 heteroatoms. The summed E-state index contributed by atoms with van der Waals surface area (Å²) in [6.07, 6.45) is 10.2. The Morgan fingerprint density at radius 3 is 2.75 bits per heavy atom. The number of allylic oxidation sites excluding steroid dienone is 1. The molecule has 4 aliphatic heterocycles. The molecule has 2 bridgehead atoms. The third-order valence-corrected chi connectivity index (χ3v) is 16.2. The number of aryl methyl sites for hydroxylation is 1. The monoisotopic (exact) mass is 810 g/mol. The van der Waals surface area contributed by atoms with Crippen molar-refractivity contribution < 1.29 is 32.2 Å². The second kappa shape index (κ2) is 16.5. The summed E-state index contributed by atoms with van der Waals surface area (Å²) in [5.41, 5.74) is 2.79. The van der Waals surface area contributed by atoms with Crippen LogP contribution in [0, 0.1) is 17.8 Å². The second-order valence-corrected chi connectivity index (χ2v) is 19.6. The van der Waals surface area contributed by atoms with Crippen molar-refractivity contribution >= 4 is 33.2 Å². The van der Waals surface area contributed by atoms with Gasteiger partial charge in [-0.1, -0.05) is 36.7 Å². The first kappa shape index (κ1) is 40.1. The zero-order valence-corrected chi connectivity index (χ0v) is 34.8. The molecule has 1 amide bonds. The maximum absolute atomic E-state index is 14.1. The highest BCUT2D eigenvalue weighted by molar-refractivity contribution is 7.90. The van der Waals surface area contributed by atoms with Gasteiger partial charge in [0.15, 0.2) is 0 Å². The molecule has 306 valence electrons. The number of hydrogen-bond acceptors (Lipinski definition) is 10. The van der Waals surface area contributed by atoms with Crippen LogP contribution in [0.4, 0.5) is 5.69 Å². The van der Waals surface area contributed by atoms with Gasteiger partial charge in [-0.15, -0.1) is 0 Å². The fraction of sp³-hybridized carbons (Fsp3) is 0.651. The number of carbonyl (C=O) groups is 1. The van der Waals surface area contributed by atoms with Crippen LogP contribution in [0.2, 0.25) is 5.02 Å². The van der Waals surface area contributed by atoms with Gasteiger partial charge < -0.3 is 23.8 Å². The first-order chi connectivity index (χ1) is 27.0. The Hall–Kier alpha value is -2.71. The number of methoxy groups -OCH3 is 2. The van der Waals surface area contributed by atoms with Gasteiger partial charge in [0, 0.05) is 88.7 Å². The molecule has 6 aliphatic rings. The van der Waals surface area contributed by atoms with Gasteiger partial charge in [-0.2, -0.15) is 0 Å². The Balaban J connectivity index is 1.20. The van der Waals surface area contributed by atoms with Gasteiger partial charge in [0.1, 0.15) is 11.4 Å². The van der Waals surface area contributed by atoms with Crippen LogP contribution in [-0.2, 0) is 36.1 Å². The molecule has 2 saturated heterocycles. The third-order valence-electron chi connectivity index (χ3n) is 14.0. The molecule has 4 heterocycles. The van der Waals surface area contributed by atoms with Crippen molar-refractivity contribution in [2.24, 2.45) is 17.8 Å². The number of benzene rings is 2. The lowest BCUT2D eigenvalue weighted by atomic mass is 9.63. The van der Waals surface area contributed by atoms with Gasteiger partial charge >= 0.3 is 0 Å². The summed E-state index contributed by atoms with van der Waals surface area (Å²) in [4.78, 5) is 21.5. The number of morpholine rings is 1. The Morgan fingerprint density at radius 1 is 1.07 bits per heavy atom. The number of fused-ring (bicyclic) bond motifs is 5. The number of nitrogens with zero attached hydrogens (tertiary/aromatic N) is 3. The summed E-state index contributed by atoms with van der Waals surface area (Å²) in [6.45, 7) is 10.3. The zero-order valence-electron chi connectivity index (χ0n) is 33.2. The average molecular weight is 811 g/mol. The molecular weight excluding hydrogens is 752 g/mol. The number of nitrogens with one attached hydrogen (secondary N) is 1. The summed E-state index contributed by atoms with van der Waals surface area (Å²) >= 11 is 6.53. The molecule has 1 saturated carbocycles. The molecule has 2 aliphatic carbocycles. The van der Waals surface area contributed by atoms with E-state index >= 15 is 0 Å². The fourth-order valence-corrected chi connectivity index (χ4v) is 12.6. The fourth-order valence-electron chi connectivity index (χ4n) is 10.7. The predicted molar refractivity (Wildman–Crippen MR) is 218 cm³/mol. The number of halogens is 1. The third kappa shape index (κ3) is 7.88. The molecule has 2 aromatic carbocycles. The van der Waals surface area contributed by atoms with Gasteiger partial charge in [-0.05, 0) is 104 Å². The molecule has 0 radical (unpaired) electrons. The van der Waals surface area contributed by atoms with Crippen molar-refractivity contribution in [2.45, 2.75) is 74.2 Å². The lowest BCUT2D eigenvalue weighted by Gasteiger charge is -2.53. The van der Waals surface area contributed by atoms with E-state index in [0.717, 1.165) is 95.3 Å². The van der Waals surface area contributed by atoms with E-state index in [4.69, 9.17) is 30.5 Å². The maximum Gasteiger partial charge on any atom is 0.264 e. The van der Waals surface area contributed by atoms with Crippen LogP contribution in [0.1, 0.15) is 66.9 Å². The number of hydrogen-bond donors (Lipinski definition) is 1. The number of sulfonamides is 1. The van der Waals surface area contributed by atoms with Crippen molar-refractivity contribution in [1.29, 1.82) is 0 Å². The van der Waals surface area contributed by atoms with E-state index in [-0.39, 0.29) is 30.3 Å². The van der Waals surface area contributed by atoms with Crippen molar-refractivity contribution in [3.05, 3.63) is 70.3 Å². The SMILES string of the molecule is COCC[C@@H]1[C@@H](C)C/C=C/[C@](CN2CCN3CCOC[C@@H]3C2)(OC)[C@@H]2CC[C@H]2CN2C[C@@]3(CCCc4cc(Cl)ccc43)COc3ccc(cc32)C(=O)NS1(=O)=O. The highest BCUT2D eigenvalue weighted by Gasteiger charge is 2.50. The minimum atomic E-state index is -4.07. The van der Waals surface area contributed by atoms with Crippen molar-refractivity contribution in [1.82, 2.24) is 14.5 Å². The Morgan fingerprint density at radius 2 is 1.95 bits per heavy atom.